The third-order valence-electron chi connectivity index (χ3n) is 11.2. The van der Waals surface area contributed by atoms with Crippen molar-refractivity contribution in [2.45, 2.75) is 0 Å². The Balaban J connectivity index is 1.06. The first kappa shape index (κ1) is 27.0. The highest BCUT2D eigenvalue weighted by atomic mass is 15.0. The fraction of sp³-hybridized carbons (Fsp3) is 0. The molecule has 0 aliphatic heterocycles. The Bertz CT molecular complexity index is 3360. The van der Waals surface area contributed by atoms with Crippen molar-refractivity contribution in [3.05, 3.63) is 176 Å². The third kappa shape index (κ3) is 3.57. The van der Waals surface area contributed by atoms with Crippen molar-refractivity contribution in [3.63, 3.8) is 0 Å². The van der Waals surface area contributed by atoms with Crippen molar-refractivity contribution in [2.24, 2.45) is 0 Å². The number of fused-ring (bicyclic) bond motifs is 12. The van der Waals surface area contributed by atoms with Gasteiger partial charge in [-0.25, -0.2) is 0 Å². The summed E-state index contributed by atoms with van der Waals surface area (Å²) in [6.45, 7) is 0. The van der Waals surface area contributed by atoms with Crippen molar-refractivity contribution in [2.75, 3.05) is 0 Å². The van der Waals surface area contributed by atoms with Crippen LogP contribution in [-0.4, -0.2) is 13.5 Å². The van der Waals surface area contributed by atoms with Crippen molar-refractivity contribution < 1.29 is 0 Å². The Morgan fingerprint density at radius 1 is 0.255 bits per heavy atom. The Morgan fingerprint density at radius 3 is 1.37 bits per heavy atom. The molecule has 4 aromatic heterocycles. The Hall–Kier alpha value is -6.84. The quantitative estimate of drug-likeness (QED) is 0.181. The van der Waals surface area contributed by atoms with E-state index in [0.717, 1.165) is 5.69 Å². The Morgan fingerprint density at radius 2 is 0.686 bits per heavy atom. The zero-order valence-electron chi connectivity index (χ0n) is 27.6. The molecule has 12 aromatic rings. The van der Waals surface area contributed by atoms with Crippen molar-refractivity contribution >= 4 is 81.7 Å². The molecule has 0 radical (unpaired) electrons. The largest absolute Gasteiger partial charge is 0.309 e. The molecule has 3 heteroatoms. The Labute approximate surface area is 292 Å². The molecule has 0 aliphatic rings. The summed E-state index contributed by atoms with van der Waals surface area (Å²) in [6, 6.07) is 64.7. The van der Waals surface area contributed by atoms with Crippen molar-refractivity contribution in [1.29, 1.82) is 0 Å². The van der Waals surface area contributed by atoms with E-state index >= 15 is 0 Å². The molecule has 0 bridgehead atoms. The van der Waals surface area contributed by atoms with Gasteiger partial charge >= 0.3 is 0 Å². The van der Waals surface area contributed by atoms with Crippen LogP contribution >= 0.6 is 0 Å². The molecule has 0 saturated carbocycles. The summed E-state index contributed by atoms with van der Waals surface area (Å²) in [5, 5.41) is 10.3. The van der Waals surface area contributed by atoms with Crippen LogP contribution in [-0.2, 0) is 0 Å². The van der Waals surface area contributed by atoms with Gasteiger partial charge in [-0.15, -0.1) is 0 Å². The highest BCUT2D eigenvalue weighted by Gasteiger charge is 2.19. The fourth-order valence-corrected chi connectivity index (χ4v) is 9.00. The van der Waals surface area contributed by atoms with Gasteiger partial charge in [0, 0.05) is 54.5 Å². The second kappa shape index (κ2) is 9.87. The first-order valence-electron chi connectivity index (χ1n) is 17.6. The number of benzene rings is 8. The number of para-hydroxylation sites is 5. The van der Waals surface area contributed by atoms with Gasteiger partial charge in [-0.2, -0.15) is 0 Å². The zero-order valence-corrected chi connectivity index (χ0v) is 27.6. The van der Waals surface area contributed by atoms with E-state index in [9.17, 15) is 0 Å². The molecule has 4 heterocycles. The molecular formula is C48H29N3. The van der Waals surface area contributed by atoms with E-state index in [2.05, 4.69) is 189 Å². The van der Waals surface area contributed by atoms with Crippen LogP contribution in [0.1, 0.15) is 0 Å². The van der Waals surface area contributed by atoms with Gasteiger partial charge in [0.25, 0.3) is 0 Å². The lowest BCUT2D eigenvalue weighted by atomic mass is 10.00. The van der Waals surface area contributed by atoms with E-state index in [-0.39, 0.29) is 0 Å². The second-order valence-electron chi connectivity index (χ2n) is 13.8. The van der Waals surface area contributed by atoms with Crippen LogP contribution < -0.4 is 0 Å². The molecule has 0 aliphatic carbocycles. The topological polar surface area (TPSA) is 14.3 Å². The second-order valence-corrected chi connectivity index (χ2v) is 13.8. The maximum atomic E-state index is 2.45. The average molecular weight is 648 g/mol. The van der Waals surface area contributed by atoms with Gasteiger partial charge in [0.15, 0.2) is 0 Å². The maximum absolute atomic E-state index is 2.45. The molecule has 0 amide bonds. The van der Waals surface area contributed by atoms with E-state index in [1.807, 2.05) is 0 Å². The predicted octanol–water partition coefficient (Wildman–Crippen LogP) is 12.7. The lowest BCUT2D eigenvalue weighted by molar-refractivity contribution is 1.17. The minimum atomic E-state index is 1.16. The lowest BCUT2D eigenvalue weighted by Gasteiger charge is -2.10. The van der Waals surface area contributed by atoms with Gasteiger partial charge in [-0.1, -0.05) is 103 Å². The molecule has 51 heavy (non-hydrogen) atoms. The fourth-order valence-electron chi connectivity index (χ4n) is 9.00. The standard InChI is InChI=1S/C48H29N3/c1-2-11-32(12-3-1)49-42-18-7-6-15-36(42)41-29-33(23-26-46(41)49)50-43-19-8-5-14-35(43)39-27-30(21-24-45(39)50)31-22-25-47-40(28-31)38-17-10-16-37-34-13-4-9-20-44(34)51(47)48(37)38/h1-29H. The predicted molar refractivity (Wildman–Crippen MR) is 215 cm³/mol. The minimum absolute atomic E-state index is 1.16. The van der Waals surface area contributed by atoms with Crippen molar-refractivity contribution in [3.8, 4) is 22.5 Å². The number of nitrogens with zero attached hydrogens (tertiary/aromatic N) is 3. The lowest BCUT2D eigenvalue weighted by Crippen LogP contribution is -1.95. The summed E-state index contributed by atoms with van der Waals surface area (Å²) in [5.41, 5.74) is 13.5. The molecule has 12 rings (SSSR count). The molecular weight excluding hydrogens is 619 g/mol. The third-order valence-corrected chi connectivity index (χ3v) is 11.2. The zero-order chi connectivity index (χ0) is 33.2. The van der Waals surface area contributed by atoms with Crippen LogP contribution in [0.25, 0.3) is 104 Å². The monoisotopic (exact) mass is 647 g/mol. The van der Waals surface area contributed by atoms with Crippen LogP contribution in [0, 0.1) is 0 Å². The van der Waals surface area contributed by atoms with Gasteiger partial charge in [-0.3, -0.25) is 0 Å². The molecule has 0 fully saturated rings. The smallest absolute Gasteiger partial charge is 0.0620 e. The van der Waals surface area contributed by atoms with Gasteiger partial charge in [0.1, 0.15) is 0 Å². The van der Waals surface area contributed by atoms with Crippen LogP contribution in [0.3, 0.4) is 0 Å². The summed E-state index contributed by atoms with van der Waals surface area (Å²) >= 11 is 0. The van der Waals surface area contributed by atoms with Gasteiger partial charge < -0.3 is 13.5 Å². The summed E-state index contributed by atoms with van der Waals surface area (Å²) in [4.78, 5) is 0. The molecule has 0 spiro atoms. The SMILES string of the molecule is c1ccc(-n2c3ccccc3c3cc(-n4c5ccccc5c5cc(-c6ccc7c(c6)c6cccc8c9ccccc9n7c86)ccc54)ccc32)cc1. The van der Waals surface area contributed by atoms with E-state index in [4.69, 9.17) is 0 Å². The van der Waals surface area contributed by atoms with Gasteiger partial charge in [0.2, 0.25) is 0 Å². The molecule has 3 nitrogen and oxygen atoms in total. The van der Waals surface area contributed by atoms with Crippen molar-refractivity contribution in [1.82, 2.24) is 13.5 Å². The summed E-state index contributed by atoms with van der Waals surface area (Å²) in [6.07, 6.45) is 0. The van der Waals surface area contributed by atoms with Crippen LogP contribution in [0.15, 0.2) is 176 Å². The van der Waals surface area contributed by atoms with Gasteiger partial charge in [-0.05, 0) is 83.9 Å². The highest BCUT2D eigenvalue weighted by Crippen LogP contribution is 2.42. The van der Waals surface area contributed by atoms with Crippen LogP contribution in [0.5, 0.6) is 0 Å². The van der Waals surface area contributed by atoms with Gasteiger partial charge in [0.05, 0.1) is 38.6 Å². The number of hydrogen-bond donors (Lipinski definition) is 0. The van der Waals surface area contributed by atoms with E-state index in [1.165, 1.54) is 98.5 Å². The molecule has 8 aromatic carbocycles. The van der Waals surface area contributed by atoms with E-state index in [1.54, 1.807) is 0 Å². The molecule has 0 unspecified atom stereocenters. The summed E-state index contributed by atoms with van der Waals surface area (Å²) in [7, 11) is 0. The number of rotatable bonds is 3. The minimum Gasteiger partial charge on any atom is -0.309 e. The first-order chi connectivity index (χ1) is 25.3. The first-order valence-corrected chi connectivity index (χ1v) is 17.6. The number of hydrogen-bond acceptors (Lipinski definition) is 0. The normalized spacial score (nSPS) is 12.3. The maximum Gasteiger partial charge on any atom is 0.0620 e. The highest BCUT2D eigenvalue weighted by molar-refractivity contribution is 6.23. The molecule has 0 N–H and O–H groups in total. The van der Waals surface area contributed by atoms with Crippen LogP contribution in [0.4, 0.5) is 0 Å². The Kier molecular flexibility index (Phi) is 5.23. The molecule has 0 atom stereocenters. The van der Waals surface area contributed by atoms with Crippen LogP contribution in [0.2, 0.25) is 0 Å². The van der Waals surface area contributed by atoms with E-state index < -0.39 is 0 Å². The summed E-state index contributed by atoms with van der Waals surface area (Å²) < 4.78 is 7.26. The molecule has 236 valence electrons. The number of aromatic nitrogens is 3. The summed E-state index contributed by atoms with van der Waals surface area (Å²) in [5.74, 6) is 0. The molecule has 0 saturated heterocycles. The average Bonchev–Trinajstić information content (AvgIpc) is 3.92. The van der Waals surface area contributed by atoms with E-state index in [0.29, 0.717) is 0 Å².